The average molecular weight is 395 g/mol. The number of ether oxygens (including phenoxy) is 1. The van der Waals surface area contributed by atoms with Crippen LogP contribution in [0.2, 0.25) is 0 Å². The number of aliphatic hydroxyl groups is 3. The number of hydrogen-bond donors (Lipinski definition) is 3. The molecule has 7 atom stereocenters. The Kier molecular flexibility index (Phi) is 4.72. The van der Waals surface area contributed by atoms with Gasteiger partial charge in [-0.2, -0.15) is 0 Å². The lowest BCUT2D eigenvalue weighted by molar-refractivity contribution is -0.258. The quantitative estimate of drug-likeness (QED) is 0.633. The van der Waals surface area contributed by atoms with Crippen molar-refractivity contribution in [1.82, 2.24) is 0 Å². The molecule has 4 aliphatic carbocycles. The number of fused-ring (bicyclic) bond motifs is 5. The fourth-order valence-corrected chi connectivity index (χ4v) is 7.77. The monoisotopic (exact) mass is 394 g/mol. The Hall–Kier alpha value is -0.980. The summed E-state index contributed by atoms with van der Waals surface area (Å²) in [7, 11) is 0. The molecule has 4 aliphatic rings. The van der Waals surface area contributed by atoms with E-state index in [1.807, 2.05) is 6.92 Å². The van der Waals surface area contributed by atoms with Crippen LogP contribution in [0.4, 0.5) is 0 Å². The maximum absolute atomic E-state index is 12.6. The van der Waals surface area contributed by atoms with Crippen LogP contribution in [0.1, 0.15) is 71.6 Å². The maximum atomic E-state index is 12.6. The number of carbonyl (C=O) groups is 2. The Balaban J connectivity index is 1.70. The standard InChI is InChI=1S/C22H34O6/c1-3-28-18(25)17-7-11-22(27)16-6-10-21(26)12-14(24)4-9-20(21,13-23)15(16)5-8-19(17,22)2/h15-17,23,26-27H,3-13H2,1-2H3/t15-,16+,17+,19-,20+,21+,22+/m1/s1. The molecule has 28 heavy (non-hydrogen) atoms. The number of Topliss-reactive ketones (excluding diaryl/α,β-unsaturated/α-hetero) is 1. The number of hydrogen-bond acceptors (Lipinski definition) is 6. The van der Waals surface area contributed by atoms with Gasteiger partial charge in [-0.15, -0.1) is 0 Å². The molecule has 4 saturated carbocycles. The highest BCUT2D eigenvalue weighted by atomic mass is 16.5. The summed E-state index contributed by atoms with van der Waals surface area (Å²) in [5.41, 5.74) is -3.46. The number of aliphatic hydroxyl groups excluding tert-OH is 1. The molecule has 0 aromatic rings. The first kappa shape index (κ1) is 20.3. The second-order valence-corrected chi connectivity index (χ2v) is 10.0. The second kappa shape index (κ2) is 6.51. The van der Waals surface area contributed by atoms with Crippen molar-refractivity contribution >= 4 is 11.8 Å². The average Bonchev–Trinajstić information content (AvgIpc) is 2.92. The number of ketones is 1. The van der Waals surface area contributed by atoms with Gasteiger partial charge in [-0.3, -0.25) is 9.59 Å². The minimum Gasteiger partial charge on any atom is -0.466 e. The highest BCUT2D eigenvalue weighted by Crippen LogP contribution is 2.69. The van der Waals surface area contributed by atoms with E-state index in [0.717, 1.165) is 6.42 Å². The van der Waals surface area contributed by atoms with E-state index in [2.05, 4.69) is 0 Å². The molecule has 0 bridgehead atoms. The number of rotatable bonds is 3. The van der Waals surface area contributed by atoms with Gasteiger partial charge in [0.25, 0.3) is 0 Å². The molecule has 0 radical (unpaired) electrons. The normalized spacial score (nSPS) is 50.5. The zero-order chi connectivity index (χ0) is 20.4. The second-order valence-electron chi connectivity index (χ2n) is 10.0. The SMILES string of the molecule is CCOC(=O)[C@@H]1CC[C@]2(O)[C@H]3CC[C@]4(O)CC(=O)CC[C@]4(CO)[C@@H]3CC[C@]12C. The maximum Gasteiger partial charge on any atom is 0.309 e. The van der Waals surface area contributed by atoms with Crippen LogP contribution in [0.5, 0.6) is 0 Å². The molecule has 0 aliphatic heterocycles. The summed E-state index contributed by atoms with van der Waals surface area (Å²) in [6.45, 7) is 4.00. The van der Waals surface area contributed by atoms with Crippen molar-refractivity contribution in [3.8, 4) is 0 Å². The fourth-order valence-electron chi connectivity index (χ4n) is 7.77. The first-order valence-electron chi connectivity index (χ1n) is 10.9. The van der Waals surface area contributed by atoms with Crippen molar-refractivity contribution < 1.29 is 29.6 Å². The van der Waals surface area contributed by atoms with Gasteiger partial charge in [-0.1, -0.05) is 6.92 Å². The largest absolute Gasteiger partial charge is 0.466 e. The first-order chi connectivity index (χ1) is 13.2. The summed E-state index contributed by atoms with van der Waals surface area (Å²) in [4.78, 5) is 24.7. The Morgan fingerprint density at radius 1 is 1.11 bits per heavy atom. The molecule has 0 aromatic heterocycles. The zero-order valence-electron chi connectivity index (χ0n) is 17.1. The van der Waals surface area contributed by atoms with Crippen LogP contribution in [-0.4, -0.2) is 51.5 Å². The predicted octanol–water partition coefficient (Wildman–Crippen LogP) is 1.98. The van der Waals surface area contributed by atoms with Gasteiger partial charge in [-0.05, 0) is 63.7 Å². The van der Waals surface area contributed by atoms with Gasteiger partial charge in [0.1, 0.15) is 5.78 Å². The van der Waals surface area contributed by atoms with E-state index in [4.69, 9.17) is 4.74 Å². The predicted molar refractivity (Wildman–Crippen MR) is 101 cm³/mol. The number of carbonyl (C=O) groups excluding carboxylic acids is 2. The van der Waals surface area contributed by atoms with Gasteiger partial charge in [0.15, 0.2) is 0 Å². The summed E-state index contributed by atoms with van der Waals surface area (Å²) < 4.78 is 5.31. The minimum atomic E-state index is -1.18. The van der Waals surface area contributed by atoms with E-state index in [1.54, 1.807) is 6.92 Å². The molecule has 4 fully saturated rings. The lowest BCUT2D eigenvalue weighted by Crippen LogP contribution is -2.69. The third-order valence-corrected chi connectivity index (χ3v) is 9.34. The fraction of sp³-hybridized carbons (Fsp3) is 0.909. The van der Waals surface area contributed by atoms with E-state index >= 15 is 0 Å². The smallest absolute Gasteiger partial charge is 0.309 e. The molecule has 0 heterocycles. The van der Waals surface area contributed by atoms with E-state index in [0.29, 0.717) is 51.6 Å². The van der Waals surface area contributed by atoms with E-state index < -0.39 is 22.0 Å². The summed E-state index contributed by atoms with van der Waals surface area (Å²) >= 11 is 0. The Morgan fingerprint density at radius 3 is 2.50 bits per heavy atom. The van der Waals surface area contributed by atoms with Crippen LogP contribution in [0.25, 0.3) is 0 Å². The Bertz CT molecular complexity index is 678. The Morgan fingerprint density at radius 2 is 1.82 bits per heavy atom. The van der Waals surface area contributed by atoms with Crippen LogP contribution < -0.4 is 0 Å². The van der Waals surface area contributed by atoms with Gasteiger partial charge in [0.2, 0.25) is 0 Å². The van der Waals surface area contributed by atoms with E-state index in [-0.39, 0.29) is 42.5 Å². The lowest BCUT2D eigenvalue weighted by atomic mass is 9.42. The molecule has 0 saturated heterocycles. The molecule has 6 heteroatoms. The zero-order valence-corrected chi connectivity index (χ0v) is 17.1. The van der Waals surface area contributed by atoms with Crippen LogP contribution in [0, 0.1) is 28.6 Å². The highest BCUT2D eigenvalue weighted by Gasteiger charge is 2.71. The van der Waals surface area contributed by atoms with Crippen molar-refractivity contribution in [3.63, 3.8) is 0 Å². The van der Waals surface area contributed by atoms with Crippen molar-refractivity contribution in [2.75, 3.05) is 13.2 Å². The van der Waals surface area contributed by atoms with Crippen LogP contribution in [0.15, 0.2) is 0 Å². The molecule has 158 valence electrons. The molecular weight excluding hydrogens is 360 g/mol. The Labute approximate surface area is 166 Å². The van der Waals surface area contributed by atoms with Gasteiger partial charge in [-0.25, -0.2) is 0 Å². The number of esters is 1. The first-order valence-corrected chi connectivity index (χ1v) is 10.9. The van der Waals surface area contributed by atoms with Gasteiger partial charge in [0.05, 0.1) is 30.3 Å². The molecule has 0 unspecified atom stereocenters. The molecule has 0 spiro atoms. The van der Waals surface area contributed by atoms with Gasteiger partial charge in [0, 0.05) is 23.7 Å². The third kappa shape index (κ3) is 2.37. The van der Waals surface area contributed by atoms with Crippen LogP contribution >= 0.6 is 0 Å². The molecular formula is C22H34O6. The molecule has 6 nitrogen and oxygen atoms in total. The van der Waals surface area contributed by atoms with Crippen LogP contribution in [0.3, 0.4) is 0 Å². The van der Waals surface area contributed by atoms with Crippen molar-refractivity contribution in [1.29, 1.82) is 0 Å². The van der Waals surface area contributed by atoms with Crippen molar-refractivity contribution in [2.24, 2.45) is 28.6 Å². The molecule has 0 aromatic carbocycles. The summed E-state index contributed by atoms with van der Waals surface area (Å²) in [6.07, 6.45) is 4.59. The van der Waals surface area contributed by atoms with Crippen molar-refractivity contribution in [3.05, 3.63) is 0 Å². The van der Waals surface area contributed by atoms with Crippen LogP contribution in [-0.2, 0) is 14.3 Å². The lowest BCUT2D eigenvalue weighted by Gasteiger charge is -2.65. The van der Waals surface area contributed by atoms with Gasteiger partial charge >= 0.3 is 5.97 Å². The van der Waals surface area contributed by atoms with E-state index in [1.165, 1.54) is 0 Å². The third-order valence-electron chi connectivity index (χ3n) is 9.34. The molecule has 3 N–H and O–H groups in total. The minimum absolute atomic E-state index is 0.0385. The summed E-state index contributed by atoms with van der Waals surface area (Å²) in [6, 6.07) is 0. The van der Waals surface area contributed by atoms with E-state index in [9.17, 15) is 24.9 Å². The van der Waals surface area contributed by atoms with Gasteiger partial charge < -0.3 is 20.1 Å². The summed E-state index contributed by atoms with van der Waals surface area (Å²) in [5, 5.41) is 33.8. The highest BCUT2D eigenvalue weighted by molar-refractivity contribution is 5.81. The summed E-state index contributed by atoms with van der Waals surface area (Å²) in [5.74, 6) is -0.577. The van der Waals surface area contributed by atoms with Crippen molar-refractivity contribution in [2.45, 2.75) is 82.8 Å². The molecule has 4 rings (SSSR count). The topological polar surface area (TPSA) is 104 Å². The molecule has 0 amide bonds.